The van der Waals surface area contributed by atoms with Crippen molar-refractivity contribution in [3.05, 3.63) is 21.3 Å². The minimum atomic E-state index is -0.832. The zero-order chi connectivity index (χ0) is 20.4. The number of nitrogens with zero attached hydrogens (tertiary/aromatic N) is 2. The maximum atomic E-state index is 11.8. The van der Waals surface area contributed by atoms with Gasteiger partial charge in [-0.05, 0) is 60.2 Å². The van der Waals surface area contributed by atoms with E-state index in [4.69, 9.17) is 9.47 Å². The highest BCUT2D eigenvalue weighted by Crippen LogP contribution is 2.32. The molecule has 1 fully saturated rings. The predicted molar refractivity (Wildman–Crippen MR) is 113 cm³/mol. The van der Waals surface area contributed by atoms with Gasteiger partial charge in [0.15, 0.2) is 11.5 Å². The van der Waals surface area contributed by atoms with Crippen LogP contribution < -0.4 is 15.5 Å². The topological polar surface area (TPSA) is 112 Å². The maximum Gasteiger partial charge on any atom is 0.329 e. The number of carbonyl (C=O) groups excluding carboxylic acids is 2. The first-order valence-corrected chi connectivity index (χ1v) is 10.2. The number of hydrazone groups is 1. The van der Waals surface area contributed by atoms with E-state index in [9.17, 15) is 14.7 Å². The Kier molecular flexibility index (Phi) is 9.44. The molecule has 2 amide bonds. The summed E-state index contributed by atoms with van der Waals surface area (Å²) < 4.78 is 11.2. The van der Waals surface area contributed by atoms with Crippen molar-refractivity contribution >= 4 is 40.6 Å². The van der Waals surface area contributed by atoms with Crippen molar-refractivity contribution in [1.29, 1.82) is 0 Å². The van der Waals surface area contributed by atoms with Gasteiger partial charge in [0.25, 0.3) is 0 Å². The molecular formula is C18H25IN4O5. The van der Waals surface area contributed by atoms with Crippen LogP contribution in [-0.2, 0) is 14.3 Å². The molecule has 1 aliphatic rings. The SMILES string of the molecule is CCOc1cc(C=NNC(=O)C(=O)NCCCN2CCOCC2)cc(I)c1O. The number of aromatic hydroxyl groups is 1. The molecule has 154 valence electrons. The number of phenolic OH excluding ortho intramolecular Hbond substituents is 1. The molecule has 0 bridgehead atoms. The summed E-state index contributed by atoms with van der Waals surface area (Å²) >= 11 is 1.97. The minimum absolute atomic E-state index is 0.0556. The first kappa shape index (κ1) is 22.4. The lowest BCUT2D eigenvalue weighted by atomic mass is 10.2. The van der Waals surface area contributed by atoms with Gasteiger partial charge in [-0.15, -0.1) is 0 Å². The summed E-state index contributed by atoms with van der Waals surface area (Å²) in [5.74, 6) is -1.17. The molecule has 1 aromatic rings. The third-order valence-corrected chi connectivity index (χ3v) is 4.80. The Balaban J connectivity index is 1.73. The molecular weight excluding hydrogens is 479 g/mol. The molecule has 1 heterocycles. The Labute approximate surface area is 177 Å². The maximum absolute atomic E-state index is 11.8. The second-order valence-electron chi connectivity index (χ2n) is 6.05. The Morgan fingerprint density at radius 1 is 1.36 bits per heavy atom. The molecule has 0 aromatic heterocycles. The molecule has 1 aromatic carbocycles. The summed E-state index contributed by atoms with van der Waals surface area (Å²) in [6.07, 6.45) is 2.14. The standard InChI is InChI=1S/C18H25IN4O5/c1-2-28-15-11-13(10-14(19)16(15)24)12-21-22-18(26)17(25)20-4-3-5-23-6-8-27-9-7-23/h10-12,24H,2-9H2,1H3,(H,20,25)(H,22,26). The van der Waals surface area contributed by atoms with Crippen LogP contribution in [-0.4, -0.2) is 74.0 Å². The number of amides is 2. The second-order valence-corrected chi connectivity index (χ2v) is 7.21. The normalized spacial score (nSPS) is 14.8. The summed E-state index contributed by atoms with van der Waals surface area (Å²) in [5.41, 5.74) is 2.81. The van der Waals surface area contributed by atoms with E-state index in [2.05, 4.69) is 20.7 Å². The molecule has 1 saturated heterocycles. The van der Waals surface area contributed by atoms with Crippen molar-refractivity contribution in [1.82, 2.24) is 15.6 Å². The second kappa shape index (κ2) is 11.8. The van der Waals surface area contributed by atoms with E-state index in [0.29, 0.717) is 28.0 Å². The van der Waals surface area contributed by atoms with Gasteiger partial charge in [0, 0.05) is 19.6 Å². The van der Waals surface area contributed by atoms with E-state index < -0.39 is 11.8 Å². The summed E-state index contributed by atoms with van der Waals surface area (Å²) in [4.78, 5) is 25.8. The van der Waals surface area contributed by atoms with Gasteiger partial charge in [-0.3, -0.25) is 14.5 Å². The summed E-state index contributed by atoms with van der Waals surface area (Å²) in [6.45, 7) is 6.75. The molecule has 0 aliphatic carbocycles. The van der Waals surface area contributed by atoms with E-state index in [1.54, 1.807) is 12.1 Å². The molecule has 0 spiro atoms. The number of hydrogen-bond acceptors (Lipinski definition) is 7. The first-order valence-electron chi connectivity index (χ1n) is 9.08. The van der Waals surface area contributed by atoms with Crippen molar-refractivity contribution in [2.45, 2.75) is 13.3 Å². The Morgan fingerprint density at radius 2 is 2.11 bits per heavy atom. The zero-order valence-electron chi connectivity index (χ0n) is 15.7. The lowest BCUT2D eigenvalue weighted by Crippen LogP contribution is -2.40. The van der Waals surface area contributed by atoms with Crippen LogP contribution in [0.2, 0.25) is 0 Å². The van der Waals surface area contributed by atoms with Crippen molar-refractivity contribution in [3.63, 3.8) is 0 Å². The van der Waals surface area contributed by atoms with E-state index in [1.807, 2.05) is 29.5 Å². The number of nitrogens with one attached hydrogen (secondary N) is 2. The Morgan fingerprint density at radius 3 is 2.82 bits per heavy atom. The molecule has 0 radical (unpaired) electrons. The first-order chi connectivity index (χ1) is 13.5. The van der Waals surface area contributed by atoms with Crippen LogP contribution >= 0.6 is 22.6 Å². The van der Waals surface area contributed by atoms with E-state index in [-0.39, 0.29) is 5.75 Å². The number of carbonyl (C=O) groups is 2. The van der Waals surface area contributed by atoms with Gasteiger partial charge in [-0.2, -0.15) is 5.10 Å². The predicted octanol–water partition coefficient (Wildman–Crippen LogP) is 0.684. The van der Waals surface area contributed by atoms with Crippen molar-refractivity contribution < 1.29 is 24.2 Å². The third-order valence-electron chi connectivity index (χ3n) is 3.98. The summed E-state index contributed by atoms with van der Waals surface area (Å²) in [6, 6.07) is 3.28. The number of benzene rings is 1. The van der Waals surface area contributed by atoms with Crippen molar-refractivity contribution in [2.75, 3.05) is 46.0 Å². The fraction of sp³-hybridized carbons (Fsp3) is 0.500. The molecule has 3 N–H and O–H groups in total. The molecule has 0 saturated carbocycles. The van der Waals surface area contributed by atoms with Gasteiger partial charge in [-0.25, -0.2) is 5.43 Å². The third kappa shape index (κ3) is 7.24. The van der Waals surface area contributed by atoms with Crippen molar-refractivity contribution in [3.8, 4) is 11.5 Å². The molecule has 0 atom stereocenters. The van der Waals surface area contributed by atoms with Crippen LogP contribution in [0.25, 0.3) is 0 Å². The lowest BCUT2D eigenvalue weighted by molar-refractivity contribution is -0.139. The molecule has 1 aliphatic heterocycles. The van der Waals surface area contributed by atoms with Crippen LogP contribution in [0, 0.1) is 3.57 Å². The van der Waals surface area contributed by atoms with E-state index in [1.165, 1.54) is 6.21 Å². The number of morpholine rings is 1. The van der Waals surface area contributed by atoms with Gasteiger partial charge in [-0.1, -0.05) is 0 Å². The van der Waals surface area contributed by atoms with Crippen LogP contribution in [0.5, 0.6) is 11.5 Å². The number of hydrogen-bond donors (Lipinski definition) is 3. The van der Waals surface area contributed by atoms with Gasteiger partial charge >= 0.3 is 11.8 Å². The van der Waals surface area contributed by atoms with Crippen molar-refractivity contribution in [2.24, 2.45) is 5.10 Å². The average Bonchev–Trinajstić information content (AvgIpc) is 2.69. The van der Waals surface area contributed by atoms with Gasteiger partial charge in [0.2, 0.25) is 0 Å². The molecule has 0 unspecified atom stereocenters. The zero-order valence-corrected chi connectivity index (χ0v) is 17.9. The quantitative estimate of drug-likeness (QED) is 0.158. The van der Waals surface area contributed by atoms with E-state index >= 15 is 0 Å². The number of halogens is 1. The molecule has 2 rings (SSSR count). The summed E-state index contributed by atoms with van der Waals surface area (Å²) in [5, 5.41) is 16.3. The molecule has 28 heavy (non-hydrogen) atoms. The highest BCUT2D eigenvalue weighted by Gasteiger charge is 2.13. The lowest BCUT2D eigenvalue weighted by Gasteiger charge is -2.26. The monoisotopic (exact) mass is 504 g/mol. The molecule has 10 heteroatoms. The Bertz CT molecular complexity index is 707. The average molecular weight is 504 g/mol. The largest absolute Gasteiger partial charge is 0.504 e. The fourth-order valence-corrected chi connectivity index (χ4v) is 3.19. The number of phenols is 1. The van der Waals surface area contributed by atoms with Gasteiger partial charge < -0.3 is 19.9 Å². The minimum Gasteiger partial charge on any atom is -0.504 e. The number of ether oxygens (including phenoxy) is 2. The highest BCUT2D eigenvalue weighted by molar-refractivity contribution is 14.1. The Hall–Kier alpha value is -1.92. The number of rotatable bonds is 8. The van der Waals surface area contributed by atoms with Crippen LogP contribution in [0.3, 0.4) is 0 Å². The van der Waals surface area contributed by atoms with Crippen LogP contribution in [0.15, 0.2) is 17.2 Å². The summed E-state index contributed by atoms with van der Waals surface area (Å²) in [7, 11) is 0. The van der Waals surface area contributed by atoms with Crippen LogP contribution in [0.4, 0.5) is 0 Å². The van der Waals surface area contributed by atoms with Gasteiger partial charge in [0.05, 0.1) is 29.6 Å². The van der Waals surface area contributed by atoms with Crippen LogP contribution in [0.1, 0.15) is 18.9 Å². The van der Waals surface area contributed by atoms with Gasteiger partial charge in [0.1, 0.15) is 0 Å². The highest BCUT2D eigenvalue weighted by atomic mass is 127. The molecule has 9 nitrogen and oxygen atoms in total. The smallest absolute Gasteiger partial charge is 0.329 e. The fourth-order valence-electron chi connectivity index (χ4n) is 2.56. The van der Waals surface area contributed by atoms with E-state index in [0.717, 1.165) is 39.3 Å².